The number of ether oxygens (including phenoxy) is 1. The van der Waals surface area contributed by atoms with E-state index < -0.39 is 11.7 Å². The second-order valence-corrected chi connectivity index (χ2v) is 5.79. The molecule has 3 N–H and O–H groups in total. The third kappa shape index (κ3) is 4.64. The van der Waals surface area contributed by atoms with Gasteiger partial charge in [0, 0.05) is 17.3 Å². The number of hydrogen-bond donors (Lipinski definition) is 3. The maximum Gasteiger partial charge on any atom is 0.339 e. The SMILES string of the molecule is O=C(Nc1ccc(C(=O)O)c(O)c1)c1ccc(OCc2ccccc2)cc1. The molecule has 0 bridgehead atoms. The second kappa shape index (κ2) is 8.05. The smallest absolute Gasteiger partial charge is 0.339 e. The summed E-state index contributed by atoms with van der Waals surface area (Å²) in [7, 11) is 0. The molecule has 0 unspecified atom stereocenters. The normalized spacial score (nSPS) is 10.2. The van der Waals surface area contributed by atoms with Crippen molar-refractivity contribution in [2.24, 2.45) is 0 Å². The van der Waals surface area contributed by atoms with Crippen molar-refractivity contribution >= 4 is 17.6 Å². The number of benzene rings is 3. The van der Waals surface area contributed by atoms with Crippen LogP contribution in [-0.4, -0.2) is 22.1 Å². The maximum atomic E-state index is 12.3. The van der Waals surface area contributed by atoms with Crippen molar-refractivity contribution in [2.75, 3.05) is 5.32 Å². The predicted octanol–water partition coefficient (Wildman–Crippen LogP) is 3.92. The Labute approximate surface area is 155 Å². The third-order valence-electron chi connectivity index (χ3n) is 3.85. The van der Waals surface area contributed by atoms with Gasteiger partial charge in [0.25, 0.3) is 5.91 Å². The minimum absolute atomic E-state index is 0.229. The van der Waals surface area contributed by atoms with Crippen LogP contribution in [0.4, 0.5) is 5.69 Å². The van der Waals surface area contributed by atoms with E-state index in [-0.39, 0.29) is 11.5 Å². The van der Waals surface area contributed by atoms with Crippen molar-refractivity contribution in [3.63, 3.8) is 0 Å². The first-order valence-corrected chi connectivity index (χ1v) is 8.17. The molecule has 0 radical (unpaired) electrons. The summed E-state index contributed by atoms with van der Waals surface area (Å²) in [6.07, 6.45) is 0. The minimum Gasteiger partial charge on any atom is -0.507 e. The number of anilines is 1. The molecule has 3 aromatic rings. The van der Waals surface area contributed by atoms with Crippen molar-refractivity contribution in [2.45, 2.75) is 6.61 Å². The van der Waals surface area contributed by atoms with Gasteiger partial charge in [-0.15, -0.1) is 0 Å². The summed E-state index contributed by atoms with van der Waals surface area (Å²) >= 11 is 0. The molecular weight excluding hydrogens is 346 g/mol. The molecule has 6 heteroatoms. The summed E-state index contributed by atoms with van der Waals surface area (Å²) in [5, 5.41) is 21.2. The zero-order valence-electron chi connectivity index (χ0n) is 14.3. The molecule has 1 amide bonds. The molecule has 0 aromatic heterocycles. The van der Waals surface area contributed by atoms with Gasteiger partial charge in [-0.05, 0) is 42.0 Å². The monoisotopic (exact) mass is 363 g/mol. The lowest BCUT2D eigenvalue weighted by Crippen LogP contribution is -2.12. The van der Waals surface area contributed by atoms with Gasteiger partial charge < -0.3 is 20.3 Å². The van der Waals surface area contributed by atoms with Crippen LogP contribution >= 0.6 is 0 Å². The topological polar surface area (TPSA) is 95.9 Å². The van der Waals surface area contributed by atoms with E-state index in [1.54, 1.807) is 24.3 Å². The summed E-state index contributed by atoms with van der Waals surface area (Å²) in [6, 6.07) is 20.2. The standard InChI is InChI=1S/C21H17NO5/c23-19-12-16(8-11-18(19)21(25)26)22-20(24)15-6-9-17(10-7-15)27-13-14-4-2-1-3-5-14/h1-12,23H,13H2,(H,22,24)(H,25,26). The summed E-state index contributed by atoms with van der Waals surface area (Å²) in [4.78, 5) is 23.2. The Morgan fingerprint density at radius 1 is 0.926 bits per heavy atom. The van der Waals surface area contributed by atoms with Crippen LogP contribution in [0.25, 0.3) is 0 Å². The number of rotatable bonds is 6. The Hall–Kier alpha value is -3.80. The van der Waals surface area contributed by atoms with Crippen LogP contribution in [0.1, 0.15) is 26.3 Å². The Morgan fingerprint density at radius 3 is 2.26 bits per heavy atom. The average Bonchev–Trinajstić information content (AvgIpc) is 2.67. The Balaban J connectivity index is 1.62. The van der Waals surface area contributed by atoms with Crippen molar-refractivity contribution in [3.05, 3.63) is 89.5 Å². The van der Waals surface area contributed by atoms with Crippen molar-refractivity contribution in [1.82, 2.24) is 0 Å². The van der Waals surface area contributed by atoms with Gasteiger partial charge in [-0.1, -0.05) is 30.3 Å². The van der Waals surface area contributed by atoms with Crippen molar-refractivity contribution in [3.8, 4) is 11.5 Å². The molecule has 0 aliphatic heterocycles. The number of hydrogen-bond acceptors (Lipinski definition) is 4. The number of carbonyl (C=O) groups is 2. The molecule has 0 fully saturated rings. The fourth-order valence-electron chi connectivity index (χ4n) is 2.44. The van der Waals surface area contributed by atoms with Gasteiger partial charge in [-0.3, -0.25) is 4.79 Å². The van der Waals surface area contributed by atoms with Gasteiger partial charge in [-0.25, -0.2) is 4.79 Å². The van der Waals surface area contributed by atoms with Crippen LogP contribution in [0.2, 0.25) is 0 Å². The van der Waals surface area contributed by atoms with E-state index in [1.807, 2.05) is 30.3 Å². The highest BCUT2D eigenvalue weighted by Gasteiger charge is 2.12. The van der Waals surface area contributed by atoms with Crippen LogP contribution in [0.5, 0.6) is 11.5 Å². The lowest BCUT2D eigenvalue weighted by molar-refractivity contribution is 0.0693. The highest BCUT2D eigenvalue weighted by molar-refractivity contribution is 6.04. The van der Waals surface area contributed by atoms with E-state index in [4.69, 9.17) is 9.84 Å². The van der Waals surface area contributed by atoms with E-state index in [0.29, 0.717) is 23.6 Å². The Bertz CT molecular complexity index is 952. The van der Waals surface area contributed by atoms with Crippen molar-refractivity contribution in [1.29, 1.82) is 0 Å². The quantitative estimate of drug-likeness (QED) is 0.617. The number of carboxylic acid groups (broad SMARTS) is 1. The molecule has 0 aliphatic carbocycles. The molecule has 0 spiro atoms. The number of aromatic hydroxyl groups is 1. The highest BCUT2D eigenvalue weighted by Crippen LogP contribution is 2.23. The predicted molar refractivity (Wildman–Crippen MR) is 100 cm³/mol. The van der Waals surface area contributed by atoms with Gasteiger partial charge >= 0.3 is 5.97 Å². The van der Waals surface area contributed by atoms with E-state index in [2.05, 4.69) is 5.32 Å². The molecule has 136 valence electrons. The number of aromatic carboxylic acids is 1. The lowest BCUT2D eigenvalue weighted by atomic mass is 10.1. The average molecular weight is 363 g/mol. The molecule has 0 atom stereocenters. The second-order valence-electron chi connectivity index (χ2n) is 5.79. The summed E-state index contributed by atoms with van der Waals surface area (Å²) in [5.74, 6) is -1.40. The van der Waals surface area contributed by atoms with Crippen LogP contribution in [-0.2, 0) is 6.61 Å². The van der Waals surface area contributed by atoms with Crippen LogP contribution < -0.4 is 10.1 Å². The number of carboxylic acids is 1. The van der Waals surface area contributed by atoms with Crippen LogP contribution in [0, 0.1) is 0 Å². The first-order valence-electron chi connectivity index (χ1n) is 8.17. The van der Waals surface area contributed by atoms with Gasteiger partial charge in [0.05, 0.1) is 0 Å². The third-order valence-corrected chi connectivity index (χ3v) is 3.85. The molecule has 0 aliphatic rings. The molecule has 0 saturated heterocycles. The minimum atomic E-state index is -1.24. The van der Waals surface area contributed by atoms with E-state index in [0.717, 1.165) is 5.56 Å². The zero-order chi connectivity index (χ0) is 19.2. The van der Waals surface area contributed by atoms with E-state index in [9.17, 15) is 14.7 Å². The lowest BCUT2D eigenvalue weighted by Gasteiger charge is -2.09. The fraction of sp³-hybridized carbons (Fsp3) is 0.0476. The Morgan fingerprint density at radius 2 is 1.63 bits per heavy atom. The van der Waals surface area contributed by atoms with Crippen LogP contribution in [0.3, 0.4) is 0 Å². The Kier molecular flexibility index (Phi) is 5.37. The van der Waals surface area contributed by atoms with E-state index >= 15 is 0 Å². The summed E-state index contributed by atoms with van der Waals surface area (Å²) in [6.45, 7) is 0.432. The van der Waals surface area contributed by atoms with Crippen LogP contribution in [0.15, 0.2) is 72.8 Å². The van der Waals surface area contributed by atoms with Gasteiger partial charge in [0.15, 0.2) is 0 Å². The number of phenols is 1. The number of amides is 1. The molecule has 27 heavy (non-hydrogen) atoms. The first kappa shape index (κ1) is 18.0. The van der Waals surface area contributed by atoms with Gasteiger partial charge in [0.2, 0.25) is 0 Å². The van der Waals surface area contributed by atoms with Crippen molar-refractivity contribution < 1.29 is 24.5 Å². The van der Waals surface area contributed by atoms with Gasteiger partial charge in [-0.2, -0.15) is 0 Å². The highest BCUT2D eigenvalue weighted by atomic mass is 16.5. The molecular formula is C21H17NO5. The number of carbonyl (C=O) groups excluding carboxylic acids is 1. The molecule has 6 nitrogen and oxygen atoms in total. The molecule has 3 aromatic carbocycles. The zero-order valence-corrected chi connectivity index (χ0v) is 14.3. The largest absolute Gasteiger partial charge is 0.507 e. The van der Waals surface area contributed by atoms with Gasteiger partial charge in [0.1, 0.15) is 23.7 Å². The maximum absolute atomic E-state index is 12.3. The fourth-order valence-corrected chi connectivity index (χ4v) is 2.44. The molecule has 3 rings (SSSR count). The first-order chi connectivity index (χ1) is 13.0. The summed E-state index contributed by atoms with van der Waals surface area (Å²) in [5.41, 5.74) is 1.52. The molecule has 0 saturated carbocycles. The molecule has 0 heterocycles. The summed E-state index contributed by atoms with van der Waals surface area (Å²) < 4.78 is 5.68. The van der Waals surface area contributed by atoms with E-state index in [1.165, 1.54) is 18.2 Å². The number of nitrogens with one attached hydrogen (secondary N) is 1.